The van der Waals surface area contributed by atoms with Gasteiger partial charge in [0.25, 0.3) is 0 Å². The molecule has 2 aromatic carbocycles. The number of ether oxygens (including phenoxy) is 1. The number of carbonyl (C=O) groups excluding carboxylic acids is 1. The fourth-order valence-electron chi connectivity index (χ4n) is 3.75. The minimum atomic E-state index is -0.418. The van der Waals surface area contributed by atoms with Gasteiger partial charge in [-0.15, -0.1) is 10.2 Å². The lowest BCUT2D eigenvalue weighted by Gasteiger charge is -2.22. The average Bonchev–Trinajstić information content (AvgIpc) is 3.41. The molecule has 31 heavy (non-hydrogen) atoms. The van der Waals surface area contributed by atoms with Crippen molar-refractivity contribution in [3.8, 4) is 5.75 Å². The van der Waals surface area contributed by atoms with Crippen molar-refractivity contribution in [2.75, 3.05) is 18.9 Å². The highest BCUT2D eigenvalue weighted by Gasteiger charge is 2.30. The lowest BCUT2D eigenvalue weighted by atomic mass is 10.1. The van der Waals surface area contributed by atoms with E-state index < -0.39 is 5.25 Å². The summed E-state index contributed by atoms with van der Waals surface area (Å²) >= 11 is 1.33. The van der Waals surface area contributed by atoms with Crippen LogP contribution < -0.4 is 10.6 Å². The monoisotopic (exact) mass is 437 g/mol. The number of likely N-dealkylation sites (tertiary alicyclic amines) is 1. The van der Waals surface area contributed by atoms with Gasteiger partial charge in [-0.05, 0) is 55.5 Å². The second kappa shape index (κ2) is 9.43. The molecule has 1 unspecified atom stereocenters. The van der Waals surface area contributed by atoms with Crippen LogP contribution in [0.2, 0.25) is 0 Å². The zero-order valence-corrected chi connectivity index (χ0v) is 18.6. The Kier molecular flexibility index (Phi) is 6.46. The highest BCUT2D eigenvalue weighted by Crippen LogP contribution is 2.36. The molecule has 0 saturated carbocycles. The number of rotatable bonds is 7. The van der Waals surface area contributed by atoms with E-state index in [9.17, 15) is 4.79 Å². The van der Waals surface area contributed by atoms with Crippen molar-refractivity contribution in [3.63, 3.8) is 0 Å². The van der Waals surface area contributed by atoms with Crippen molar-refractivity contribution < 1.29 is 9.53 Å². The van der Waals surface area contributed by atoms with Gasteiger partial charge >= 0.3 is 0 Å². The van der Waals surface area contributed by atoms with Crippen molar-refractivity contribution in [3.05, 3.63) is 71.0 Å². The van der Waals surface area contributed by atoms with E-state index in [1.807, 2.05) is 61.2 Å². The molecule has 7 nitrogen and oxygen atoms in total. The number of thioether (sulfide) groups is 1. The van der Waals surface area contributed by atoms with Gasteiger partial charge in [0, 0.05) is 13.1 Å². The van der Waals surface area contributed by atoms with E-state index in [0.29, 0.717) is 11.0 Å². The van der Waals surface area contributed by atoms with E-state index in [1.165, 1.54) is 16.4 Å². The molecular weight excluding hydrogens is 410 g/mol. The molecule has 1 aliphatic heterocycles. The minimum absolute atomic E-state index is 0.0877. The fourth-order valence-corrected chi connectivity index (χ4v) is 4.81. The van der Waals surface area contributed by atoms with E-state index in [2.05, 4.69) is 16.3 Å². The molecule has 4 rings (SSSR count). The van der Waals surface area contributed by atoms with Crippen LogP contribution in [-0.4, -0.2) is 38.8 Å². The summed E-state index contributed by atoms with van der Waals surface area (Å²) in [5.41, 5.74) is 3.19. The van der Waals surface area contributed by atoms with E-state index >= 15 is 0 Å². The molecule has 3 aromatic rings. The maximum atomic E-state index is 13.2. The normalized spacial score (nSPS) is 14.6. The topological polar surface area (TPSA) is 86.3 Å². The molecule has 1 amide bonds. The Morgan fingerprint density at radius 3 is 2.45 bits per heavy atom. The van der Waals surface area contributed by atoms with Crippen molar-refractivity contribution in [1.29, 1.82) is 0 Å². The molecule has 2 heterocycles. The molecule has 0 bridgehead atoms. The van der Waals surface area contributed by atoms with Crippen molar-refractivity contribution in [1.82, 2.24) is 19.8 Å². The van der Waals surface area contributed by atoms with Crippen LogP contribution in [0, 0.1) is 13.8 Å². The van der Waals surface area contributed by atoms with Crippen LogP contribution in [0.25, 0.3) is 0 Å². The summed E-state index contributed by atoms with van der Waals surface area (Å²) in [6, 6.07) is 15.8. The number of benzene rings is 2. The van der Waals surface area contributed by atoms with E-state index in [-0.39, 0.29) is 12.5 Å². The summed E-state index contributed by atoms with van der Waals surface area (Å²) in [4.78, 5) is 15.1. The Bertz CT molecular complexity index is 1030. The molecule has 0 aliphatic carbocycles. The molecule has 0 radical (unpaired) electrons. The van der Waals surface area contributed by atoms with Gasteiger partial charge in [-0.1, -0.05) is 48.2 Å². The van der Waals surface area contributed by atoms with Gasteiger partial charge < -0.3 is 15.5 Å². The molecule has 1 aromatic heterocycles. The number of nitrogen functional groups attached to an aromatic ring is 1. The van der Waals surface area contributed by atoms with Crippen LogP contribution in [0.5, 0.6) is 5.75 Å². The van der Waals surface area contributed by atoms with Crippen LogP contribution in [0.4, 0.5) is 0 Å². The predicted molar refractivity (Wildman–Crippen MR) is 121 cm³/mol. The Morgan fingerprint density at radius 1 is 1.10 bits per heavy atom. The zero-order valence-electron chi connectivity index (χ0n) is 17.8. The standard InChI is InChI=1S/C23H27N5O2S/c1-16-12-17(2)14-19(13-16)30-15-20-25-26-23(28(20)24)31-21(18-8-4-3-5-9-18)22(29)27-10-6-7-11-27/h3-5,8-9,12-14,21H,6-7,10-11,15,24H2,1-2H3. The van der Waals surface area contributed by atoms with Gasteiger partial charge in [0.2, 0.25) is 11.1 Å². The molecule has 1 fully saturated rings. The molecule has 1 atom stereocenters. The van der Waals surface area contributed by atoms with E-state index in [0.717, 1.165) is 48.4 Å². The Labute approximate surface area is 186 Å². The summed E-state index contributed by atoms with van der Waals surface area (Å²) < 4.78 is 7.30. The van der Waals surface area contributed by atoms with Crippen molar-refractivity contribution >= 4 is 17.7 Å². The lowest BCUT2D eigenvalue weighted by Crippen LogP contribution is -2.31. The quantitative estimate of drug-likeness (QED) is 0.449. The van der Waals surface area contributed by atoms with Crippen LogP contribution in [-0.2, 0) is 11.4 Å². The summed E-state index contributed by atoms with van der Waals surface area (Å²) in [6.45, 7) is 5.85. The van der Waals surface area contributed by atoms with Gasteiger partial charge in [-0.3, -0.25) is 4.79 Å². The number of nitrogens with two attached hydrogens (primary N) is 1. The summed E-state index contributed by atoms with van der Waals surface area (Å²) in [5.74, 6) is 7.63. The number of nitrogens with zero attached hydrogens (tertiary/aromatic N) is 4. The number of aryl methyl sites for hydroxylation is 2. The zero-order chi connectivity index (χ0) is 21.8. The Hall–Kier alpha value is -3.00. The van der Waals surface area contributed by atoms with Gasteiger partial charge in [-0.2, -0.15) is 0 Å². The van der Waals surface area contributed by atoms with Crippen LogP contribution >= 0.6 is 11.8 Å². The SMILES string of the molecule is Cc1cc(C)cc(OCc2nnc(SC(C(=O)N3CCCC3)c3ccccc3)n2N)c1. The molecule has 1 aliphatic rings. The average molecular weight is 438 g/mol. The van der Waals surface area contributed by atoms with Crippen molar-refractivity contribution in [2.24, 2.45) is 0 Å². The fraction of sp³-hybridized carbons (Fsp3) is 0.348. The number of hydrogen-bond acceptors (Lipinski definition) is 6. The first kappa shape index (κ1) is 21.2. The van der Waals surface area contributed by atoms with Crippen LogP contribution in [0.3, 0.4) is 0 Å². The van der Waals surface area contributed by atoms with Gasteiger partial charge in [0.05, 0.1) is 0 Å². The highest BCUT2D eigenvalue weighted by atomic mass is 32.2. The molecule has 8 heteroatoms. The second-order valence-corrected chi connectivity index (χ2v) is 8.89. The minimum Gasteiger partial charge on any atom is -0.486 e. The second-order valence-electron chi connectivity index (χ2n) is 7.82. The first-order valence-electron chi connectivity index (χ1n) is 10.4. The number of aromatic nitrogens is 3. The third kappa shape index (κ3) is 5.02. The van der Waals surface area contributed by atoms with Gasteiger partial charge in [-0.25, -0.2) is 4.68 Å². The van der Waals surface area contributed by atoms with Gasteiger partial charge in [0.15, 0.2) is 5.82 Å². The molecule has 2 N–H and O–H groups in total. The Balaban J connectivity index is 1.51. The van der Waals surface area contributed by atoms with E-state index in [1.54, 1.807) is 0 Å². The van der Waals surface area contributed by atoms with E-state index in [4.69, 9.17) is 10.6 Å². The first-order chi connectivity index (χ1) is 15.0. The molecular formula is C23H27N5O2S. The lowest BCUT2D eigenvalue weighted by molar-refractivity contribution is -0.129. The summed E-state index contributed by atoms with van der Waals surface area (Å²) in [7, 11) is 0. The number of carbonyl (C=O) groups is 1. The van der Waals surface area contributed by atoms with Crippen LogP contribution in [0.1, 0.15) is 40.6 Å². The number of amides is 1. The largest absolute Gasteiger partial charge is 0.486 e. The molecule has 0 spiro atoms. The predicted octanol–water partition coefficient (Wildman–Crippen LogP) is 3.64. The van der Waals surface area contributed by atoms with Gasteiger partial charge in [0.1, 0.15) is 17.6 Å². The van der Waals surface area contributed by atoms with Crippen LogP contribution in [0.15, 0.2) is 53.7 Å². The molecule has 1 saturated heterocycles. The highest BCUT2D eigenvalue weighted by molar-refractivity contribution is 8.00. The Morgan fingerprint density at radius 2 is 1.77 bits per heavy atom. The smallest absolute Gasteiger partial charge is 0.240 e. The third-order valence-electron chi connectivity index (χ3n) is 5.27. The maximum absolute atomic E-state index is 13.2. The molecule has 162 valence electrons. The summed E-state index contributed by atoms with van der Waals surface area (Å²) in [5, 5.41) is 8.50. The maximum Gasteiger partial charge on any atom is 0.240 e. The number of hydrogen-bond donors (Lipinski definition) is 1. The third-order valence-corrected chi connectivity index (χ3v) is 6.46. The first-order valence-corrected chi connectivity index (χ1v) is 11.3. The van der Waals surface area contributed by atoms with Crippen molar-refractivity contribution in [2.45, 2.75) is 43.7 Å². The summed E-state index contributed by atoms with van der Waals surface area (Å²) in [6.07, 6.45) is 2.09.